The average Bonchev–Trinajstić information content (AvgIpc) is 3.41. The fraction of sp³-hybridized carbons (Fsp3) is 0.750. The molecule has 1 aromatic rings. The summed E-state index contributed by atoms with van der Waals surface area (Å²) in [5, 5.41) is 3.32. The third-order valence-corrected chi connectivity index (χ3v) is 6.02. The molecule has 4 rings (SSSR count). The Bertz CT molecular complexity index is 588. The van der Waals surface area contributed by atoms with Crippen LogP contribution in [0.1, 0.15) is 68.9 Å². The molecule has 2 saturated heterocycles. The number of nitrogens with zero attached hydrogens (tertiary/aromatic N) is 2. The van der Waals surface area contributed by atoms with E-state index in [1.165, 1.54) is 19.3 Å². The van der Waals surface area contributed by atoms with Gasteiger partial charge in [0, 0.05) is 31.7 Å². The van der Waals surface area contributed by atoms with Gasteiger partial charge in [-0.15, -0.1) is 0 Å². The van der Waals surface area contributed by atoms with Gasteiger partial charge in [-0.1, -0.05) is 12.8 Å². The molecule has 0 unspecified atom stereocenters. The van der Waals surface area contributed by atoms with E-state index in [0.29, 0.717) is 6.04 Å². The van der Waals surface area contributed by atoms with Gasteiger partial charge in [0.15, 0.2) is 0 Å². The van der Waals surface area contributed by atoms with Crippen molar-refractivity contribution in [3.63, 3.8) is 0 Å². The van der Waals surface area contributed by atoms with Crippen molar-refractivity contribution in [2.45, 2.75) is 76.4 Å². The molecule has 5 nitrogen and oxygen atoms in total. The number of rotatable bonds is 3. The summed E-state index contributed by atoms with van der Waals surface area (Å²) < 4.78 is 5.87. The Kier molecular flexibility index (Phi) is 5.02. The number of carbonyl (C=O) groups excluding carboxylic acids is 1. The van der Waals surface area contributed by atoms with Crippen LogP contribution in [0.3, 0.4) is 0 Å². The maximum absolute atomic E-state index is 13.0. The molecule has 0 aromatic carbocycles. The van der Waals surface area contributed by atoms with Crippen molar-refractivity contribution in [3.05, 3.63) is 23.7 Å². The first kappa shape index (κ1) is 17.0. The summed E-state index contributed by atoms with van der Waals surface area (Å²) in [5.41, 5.74) is 0. The van der Waals surface area contributed by atoms with E-state index in [1.54, 1.807) is 0 Å². The van der Waals surface area contributed by atoms with Crippen molar-refractivity contribution >= 4 is 6.03 Å². The summed E-state index contributed by atoms with van der Waals surface area (Å²) >= 11 is 0. The van der Waals surface area contributed by atoms with Crippen LogP contribution < -0.4 is 5.32 Å². The third-order valence-electron chi connectivity index (χ3n) is 6.02. The van der Waals surface area contributed by atoms with Crippen LogP contribution in [0.5, 0.6) is 0 Å². The van der Waals surface area contributed by atoms with Crippen LogP contribution in [-0.2, 0) is 0 Å². The second kappa shape index (κ2) is 7.40. The lowest BCUT2D eigenvalue weighted by Gasteiger charge is -2.35. The van der Waals surface area contributed by atoms with E-state index in [1.807, 2.05) is 24.0 Å². The molecule has 1 N–H and O–H groups in total. The van der Waals surface area contributed by atoms with Crippen molar-refractivity contribution in [1.29, 1.82) is 0 Å². The monoisotopic (exact) mass is 345 g/mol. The first-order valence-corrected chi connectivity index (χ1v) is 10.1. The van der Waals surface area contributed by atoms with E-state index in [4.69, 9.17) is 4.42 Å². The maximum Gasteiger partial charge on any atom is 0.318 e. The molecule has 25 heavy (non-hydrogen) atoms. The molecule has 3 heterocycles. The van der Waals surface area contributed by atoms with E-state index in [0.717, 1.165) is 69.3 Å². The van der Waals surface area contributed by atoms with Crippen molar-refractivity contribution in [3.8, 4) is 0 Å². The van der Waals surface area contributed by atoms with Gasteiger partial charge in [-0.2, -0.15) is 0 Å². The molecule has 0 radical (unpaired) electrons. The lowest BCUT2D eigenvalue weighted by molar-refractivity contribution is 0.149. The molecular formula is C20H31N3O2. The zero-order chi connectivity index (χ0) is 17.2. The maximum atomic E-state index is 13.0. The van der Waals surface area contributed by atoms with Crippen LogP contribution in [0.15, 0.2) is 16.5 Å². The van der Waals surface area contributed by atoms with Crippen LogP contribution >= 0.6 is 0 Å². The lowest BCUT2D eigenvalue weighted by atomic mass is 10.0. The molecule has 1 aliphatic carbocycles. The second-order valence-electron chi connectivity index (χ2n) is 8.00. The van der Waals surface area contributed by atoms with E-state index in [9.17, 15) is 4.79 Å². The highest BCUT2D eigenvalue weighted by Crippen LogP contribution is 2.32. The van der Waals surface area contributed by atoms with Gasteiger partial charge in [0.2, 0.25) is 0 Å². The molecule has 5 heteroatoms. The number of aryl methyl sites for hydroxylation is 1. The highest BCUT2D eigenvalue weighted by molar-refractivity contribution is 5.75. The number of hydrogen-bond acceptors (Lipinski definition) is 3. The highest BCUT2D eigenvalue weighted by atomic mass is 16.3. The Morgan fingerprint density at radius 3 is 2.52 bits per heavy atom. The molecule has 1 aromatic heterocycles. The lowest BCUT2D eigenvalue weighted by Crippen LogP contribution is -2.50. The molecule has 3 fully saturated rings. The van der Waals surface area contributed by atoms with Gasteiger partial charge in [-0.25, -0.2) is 4.79 Å². The Morgan fingerprint density at radius 2 is 1.84 bits per heavy atom. The zero-order valence-electron chi connectivity index (χ0n) is 15.4. The number of likely N-dealkylation sites (tertiary alicyclic amines) is 2. The SMILES string of the molecule is Cc1ccc([C@@H]2CCCCCN2C(=O)NC2CCN(C3CC3)CC2)o1. The fourth-order valence-electron chi connectivity index (χ4n) is 4.39. The zero-order valence-corrected chi connectivity index (χ0v) is 15.4. The van der Waals surface area contributed by atoms with Gasteiger partial charge in [-0.3, -0.25) is 0 Å². The van der Waals surface area contributed by atoms with Gasteiger partial charge in [0.05, 0.1) is 6.04 Å². The van der Waals surface area contributed by atoms with Crippen LogP contribution in [0.25, 0.3) is 0 Å². The number of carbonyl (C=O) groups is 1. The summed E-state index contributed by atoms with van der Waals surface area (Å²) in [6.45, 7) is 5.07. The van der Waals surface area contributed by atoms with Gasteiger partial charge in [0.25, 0.3) is 0 Å². The molecule has 0 bridgehead atoms. The number of hydrogen-bond donors (Lipinski definition) is 1. The summed E-state index contributed by atoms with van der Waals surface area (Å²) in [6, 6.07) is 5.40. The number of urea groups is 1. The first-order chi connectivity index (χ1) is 12.2. The molecule has 138 valence electrons. The molecule has 1 saturated carbocycles. The molecule has 3 aliphatic rings. The van der Waals surface area contributed by atoms with Crippen LogP contribution in [0.4, 0.5) is 4.79 Å². The molecule has 2 amide bonds. The summed E-state index contributed by atoms with van der Waals surface area (Å²) in [7, 11) is 0. The molecular weight excluding hydrogens is 314 g/mol. The molecule has 1 atom stereocenters. The minimum atomic E-state index is 0.0859. The number of piperidine rings is 1. The Labute approximate surface area is 150 Å². The normalized spacial score (nSPS) is 26.4. The van der Waals surface area contributed by atoms with E-state index in [-0.39, 0.29) is 12.1 Å². The average molecular weight is 345 g/mol. The standard InChI is InChI=1S/C20H31N3O2/c1-15-6-9-19(25-15)18-5-3-2-4-12-23(18)20(24)21-16-10-13-22(14-11-16)17-7-8-17/h6,9,16-18H,2-5,7-8,10-14H2,1H3,(H,21,24)/t18-/m0/s1. The largest absolute Gasteiger partial charge is 0.464 e. The van der Waals surface area contributed by atoms with E-state index >= 15 is 0 Å². The summed E-state index contributed by atoms with van der Waals surface area (Å²) in [6.07, 6.45) is 9.35. The van der Waals surface area contributed by atoms with Crippen LogP contribution in [0, 0.1) is 6.92 Å². The predicted octanol–water partition coefficient (Wildman–Crippen LogP) is 3.84. The number of amides is 2. The van der Waals surface area contributed by atoms with Gasteiger partial charge in [-0.05, 0) is 57.6 Å². The fourth-order valence-corrected chi connectivity index (χ4v) is 4.39. The van der Waals surface area contributed by atoms with Crippen molar-refractivity contribution in [2.24, 2.45) is 0 Å². The Hall–Kier alpha value is -1.49. The highest BCUT2D eigenvalue weighted by Gasteiger charge is 2.34. The minimum Gasteiger partial charge on any atom is -0.464 e. The predicted molar refractivity (Wildman–Crippen MR) is 97.5 cm³/mol. The topological polar surface area (TPSA) is 48.7 Å². The Morgan fingerprint density at radius 1 is 1.04 bits per heavy atom. The Balaban J connectivity index is 1.38. The van der Waals surface area contributed by atoms with Gasteiger partial charge < -0.3 is 19.5 Å². The van der Waals surface area contributed by atoms with Crippen molar-refractivity contribution in [1.82, 2.24) is 15.1 Å². The number of nitrogens with one attached hydrogen (secondary N) is 1. The second-order valence-corrected chi connectivity index (χ2v) is 8.00. The smallest absolute Gasteiger partial charge is 0.318 e. The van der Waals surface area contributed by atoms with Crippen LogP contribution in [-0.4, -0.2) is 47.5 Å². The van der Waals surface area contributed by atoms with Gasteiger partial charge in [0.1, 0.15) is 11.5 Å². The summed E-state index contributed by atoms with van der Waals surface area (Å²) in [5.74, 6) is 1.87. The first-order valence-electron chi connectivity index (χ1n) is 10.1. The quantitative estimate of drug-likeness (QED) is 0.905. The van der Waals surface area contributed by atoms with Crippen molar-refractivity contribution < 1.29 is 9.21 Å². The van der Waals surface area contributed by atoms with E-state index in [2.05, 4.69) is 10.2 Å². The van der Waals surface area contributed by atoms with Gasteiger partial charge >= 0.3 is 6.03 Å². The number of furan rings is 1. The summed E-state index contributed by atoms with van der Waals surface area (Å²) in [4.78, 5) is 17.6. The minimum absolute atomic E-state index is 0.0859. The molecule has 2 aliphatic heterocycles. The van der Waals surface area contributed by atoms with Crippen LogP contribution in [0.2, 0.25) is 0 Å². The molecule has 0 spiro atoms. The van der Waals surface area contributed by atoms with Crippen molar-refractivity contribution in [2.75, 3.05) is 19.6 Å². The van der Waals surface area contributed by atoms with E-state index < -0.39 is 0 Å². The third kappa shape index (κ3) is 4.02.